The summed E-state index contributed by atoms with van der Waals surface area (Å²) >= 11 is 1.76. The number of hydrogen-bond acceptors (Lipinski definition) is 5. The van der Waals surface area contributed by atoms with Crippen molar-refractivity contribution in [3.05, 3.63) is 45.5 Å². The first kappa shape index (κ1) is 17.9. The molecule has 0 unspecified atom stereocenters. The van der Waals surface area contributed by atoms with Gasteiger partial charge in [-0.05, 0) is 52.7 Å². The van der Waals surface area contributed by atoms with Gasteiger partial charge in [-0.2, -0.15) is 5.10 Å². The van der Waals surface area contributed by atoms with Gasteiger partial charge in [0.2, 0.25) is 0 Å². The summed E-state index contributed by atoms with van der Waals surface area (Å²) in [5, 5.41) is 7.43. The van der Waals surface area contributed by atoms with Crippen LogP contribution in [-0.4, -0.2) is 31.7 Å². The Bertz CT molecular complexity index is 1000. The molecule has 1 amide bonds. The van der Waals surface area contributed by atoms with E-state index in [4.69, 9.17) is 4.98 Å². The van der Waals surface area contributed by atoms with Crippen molar-refractivity contribution in [1.29, 1.82) is 0 Å². The van der Waals surface area contributed by atoms with Gasteiger partial charge >= 0.3 is 0 Å². The first-order chi connectivity index (χ1) is 12.9. The van der Waals surface area contributed by atoms with Crippen LogP contribution in [-0.2, 0) is 0 Å². The number of rotatable bonds is 5. The van der Waals surface area contributed by atoms with Crippen LogP contribution in [0.1, 0.15) is 58.4 Å². The van der Waals surface area contributed by atoms with E-state index in [1.165, 1.54) is 9.75 Å². The second-order valence-corrected chi connectivity index (χ2v) is 8.79. The number of thiophene rings is 1. The Morgan fingerprint density at radius 1 is 1.33 bits per heavy atom. The van der Waals surface area contributed by atoms with Gasteiger partial charge in [0, 0.05) is 33.5 Å². The average molecular weight is 382 g/mol. The van der Waals surface area contributed by atoms with Gasteiger partial charge in [-0.15, -0.1) is 11.3 Å². The molecule has 27 heavy (non-hydrogen) atoms. The minimum atomic E-state index is -0.0846. The third-order valence-electron chi connectivity index (χ3n) is 4.58. The minimum Gasteiger partial charge on any atom is -0.350 e. The molecule has 1 aliphatic rings. The lowest BCUT2D eigenvalue weighted by molar-refractivity contribution is 0.0942. The molecule has 1 saturated carbocycles. The Labute approximate surface area is 162 Å². The number of aromatic nitrogens is 4. The summed E-state index contributed by atoms with van der Waals surface area (Å²) in [5.41, 5.74) is 3.55. The van der Waals surface area contributed by atoms with E-state index >= 15 is 0 Å². The zero-order valence-corrected chi connectivity index (χ0v) is 16.8. The maximum absolute atomic E-state index is 12.6. The lowest BCUT2D eigenvalue weighted by Crippen LogP contribution is -2.30. The van der Waals surface area contributed by atoms with Gasteiger partial charge in [0.05, 0.1) is 23.1 Å². The number of nitrogens with one attached hydrogen (secondary N) is 1. The Morgan fingerprint density at radius 3 is 2.74 bits per heavy atom. The normalized spacial score (nSPS) is 14.0. The van der Waals surface area contributed by atoms with Gasteiger partial charge in [-0.1, -0.05) is 0 Å². The molecule has 1 fully saturated rings. The van der Waals surface area contributed by atoms with E-state index in [0.717, 1.165) is 29.8 Å². The number of hydrogen-bond donors (Lipinski definition) is 1. The third kappa shape index (κ3) is 3.51. The predicted molar refractivity (Wildman–Crippen MR) is 107 cm³/mol. The summed E-state index contributed by atoms with van der Waals surface area (Å²) in [6.07, 6.45) is 5.53. The molecular weight excluding hydrogens is 358 g/mol. The molecule has 0 aromatic carbocycles. The van der Waals surface area contributed by atoms with Crippen molar-refractivity contribution in [2.45, 2.75) is 52.5 Å². The highest BCUT2D eigenvalue weighted by molar-refractivity contribution is 7.12. The quantitative estimate of drug-likeness (QED) is 0.724. The second kappa shape index (κ2) is 6.88. The Morgan fingerprint density at radius 2 is 2.11 bits per heavy atom. The van der Waals surface area contributed by atoms with E-state index in [-0.39, 0.29) is 11.9 Å². The Kier molecular flexibility index (Phi) is 4.55. The van der Waals surface area contributed by atoms with Crippen molar-refractivity contribution in [3.63, 3.8) is 0 Å². The first-order valence-corrected chi connectivity index (χ1v) is 10.0. The lowest BCUT2D eigenvalue weighted by atomic mass is 10.1. The topological polar surface area (TPSA) is 72.7 Å². The highest BCUT2D eigenvalue weighted by Gasteiger charge is 2.33. The maximum Gasteiger partial charge on any atom is 0.254 e. The number of carbonyl (C=O) groups is 1. The van der Waals surface area contributed by atoms with Crippen LogP contribution in [0.15, 0.2) is 24.5 Å². The second-order valence-electron chi connectivity index (χ2n) is 7.33. The molecule has 0 spiro atoms. The van der Waals surface area contributed by atoms with Gasteiger partial charge in [0.25, 0.3) is 11.9 Å². The lowest BCUT2D eigenvalue weighted by Gasteiger charge is -2.10. The number of carbonyl (C=O) groups excluding carboxylic acids is 1. The van der Waals surface area contributed by atoms with Crippen molar-refractivity contribution in [3.8, 4) is 17.2 Å². The molecule has 0 radical (unpaired) electrons. The molecule has 140 valence electrons. The summed E-state index contributed by atoms with van der Waals surface area (Å²) in [4.78, 5) is 24.3. The average Bonchev–Trinajstić information content (AvgIpc) is 3.26. The van der Waals surface area contributed by atoms with E-state index < -0.39 is 0 Å². The highest BCUT2D eigenvalue weighted by Crippen LogP contribution is 2.42. The standard InChI is InChI=1S/C20H23N5OS/c1-11(2)23-19(26)16-10-22-25(18(16)14-5-6-14)20-21-8-7-17(24-20)15-9-12(3)27-13(15)4/h7-11,14H,5-6H2,1-4H3,(H,23,26). The smallest absolute Gasteiger partial charge is 0.254 e. The van der Waals surface area contributed by atoms with Gasteiger partial charge in [-0.3, -0.25) is 4.79 Å². The van der Waals surface area contributed by atoms with Crippen LogP contribution in [0.3, 0.4) is 0 Å². The zero-order valence-electron chi connectivity index (χ0n) is 16.0. The molecular formula is C20H23N5OS. The Hall–Kier alpha value is -2.54. The fraction of sp³-hybridized carbons (Fsp3) is 0.400. The van der Waals surface area contributed by atoms with Crippen LogP contribution in [0.5, 0.6) is 0 Å². The summed E-state index contributed by atoms with van der Waals surface area (Å²) in [6, 6.07) is 4.15. The fourth-order valence-electron chi connectivity index (χ4n) is 3.27. The van der Waals surface area contributed by atoms with Crippen molar-refractivity contribution in [2.75, 3.05) is 0 Å². The largest absolute Gasteiger partial charge is 0.350 e. The minimum absolute atomic E-state index is 0.0808. The Balaban J connectivity index is 1.76. The summed E-state index contributed by atoms with van der Waals surface area (Å²) in [5.74, 6) is 0.776. The molecule has 3 aromatic heterocycles. The summed E-state index contributed by atoms with van der Waals surface area (Å²) < 4.78 is 1.74. The van der Waals surface area contributed by atoms with E-state index in [1.807, 2.05) is 19.9 Å². The monoisotopic (exact) mass is 381 g/mol. The molecule has 3 heterocycles. The van der Waals surface area contributed by atoms with Gasteiger partial charge in [0.15, 0.2) is 0 Å². The van der Waals surface area contributed by atoms with E-state index in [9.17, 15) is 4.79 Å². The van der Waals surface area contributed by atoms with E-state index in [2.05, 4.69) is 35.3 Å². The summed E-state index contributed by atoms with van der Waals surface area (Å²) in [6.45, 7) is 8.11. The highest BCUT2D eigenvalue weighted by atomic mass is 32.1. The van der Waals surface area contributed by atoms with Crippen LogP contribution >= 0.6 is 11.3 Å². The van der Waals surface area contributed by atoms with Crippen LogP contribution in [0.2, 0.25) is 0 Å². The third-order valence-corrected chi connectivity index (χ3v) is 5.55. The molecule has 7 heteroatoms. The molecule has 1 aliphatic carbocycles. The van der Waals surface area contributed by atoms with Crippen LogP contribution in [0.4, 0.5) is 0 Å². The number of aryl methyl sites for hydroxylation is 2. The number of amides is 1. The molecule has 4 rings (SSSR count). The van der Waals surface area contributed by atoms with E-state index in [0.29, 0.717) is 17.4 Å². The van der Waals surface area contributed by atoms with Crippen molar-refractivity contribution >= 4 is 17.2 Å². The SMILES string of the molecule is Cc1cc(-c2ccnc(-n3ncc(C(=O)NC(C)C)c3C3CC3)n2)c(C)s1. The maximum atomic E-state index is 12.6. The molecule has 3 aromatic rings. The first-order valence-electron chi connectivity index (χ1n) is 9.23. The molecule has 0 saturated heterocycles. The van der Waals surface area contributed by atoms with Crippen LogP contribution < -0.4 is 5.32 Å². The number of nitrogens with zero attached hydrogens (tertiary/aromatic N) is 4. The van der Waals surface area contributed by atoms with Crippen molar-refractivity contribution in [1.82, 2.24) is 25.1 Å². The van der Waals surface area contributed by atoms with E-state index in [1.54, 1.807) is 28.4 Å². The van der Waals surface area contributed by atoms with Gasteiger partial charge < -0.3 is 5.32 Å². The molecule has 0 bridgehead atoms. The molecule has 6 nitrogen and oxygen atoms in total. The molecule has 1 N–H and O–H groups in total. The van der Waals surface area contributed by atoms with Crippen LogP contribution in [0, 0.1) is 13.8 Å². The zero-order chi connectivity index (χ0) is 19.1. The fourth-order valence-corrected chi connectivity index (χ4v) is 4.20. The molecule has 0 aliphatic heterocycles. The van der Waals surface area contributed by atoms with Gasteiger partial charge in [-0.25, -0.2) is 14.6 Å². The predicted octanol–water partition coefficient (Wildman–Crippen LogP) is 4.02. The van der Waals surface area contributed by atoms with Crippen LogP contribution in [0.25, 0.3) is 17.2 Å². The van der Waals surface area contributed by atoms with Crippen molar-refractivity contribution in [2.24, 2.45) is 0 Å². The van der Waals surface area contributed by atoms with Gasteiger partial charge in [0.1, 0.15) is 0 Å². The molecule has 0 atom stereocenters. The van der Waals surface area contributed by atoms with Crippen molar-refractivity contribution < 1.29 is 4.79 Å². The summed E-state index contributed by atoms with van der Waals surface area (Å²) in [7, 11) is 0.